The van der Waals surface area contributed by atoms with E-state index in [-0.39, 0.29) is 5.91 Å². The van der Waals surface area contributed by atoms with Gasteiger partial charge in [-0.25, -0.2) is 4.68 Å². The number of rotatable bonds is 5. The zero-order chi connectivity index (χ0) is 15.2. The molecule has 1 amide bonds. The maximum absolute atomic E-state index is 12.2. The minimum atomic E-state index is -0.0568. The van der Waals surface area contributed by atoms with Gasteiger partial charge in [0.1, 0.15) is 6.33 Å². The lowest BCUT2D eigenvalue weighted by Gasteiger charge is -2.22. The molecule has 1 fully saturated rings. The van der Waals surface area contributed by atoms with Gasteiger partial charge in [0, 0.05) is 12.1 Å². The van der Waals surface area contributed by atoms with Crippen LogP contribution in [0, 0.1) is 5.92 Å². The molecule has 1 saturated heterocycles. The van der Waals surface area contributed by atoms with E-state index in [1.807, 2.05) is 12.1 Å². The minimum absolute atomic E-state index is 0.0568. The third kappa shape index (κ3) is 3.67. The summed E-state index contributed by atoms with van der Waals surface area (Å²) in [6.45, 7) is 2.89. The molecule has 1 aromatic carbocycles. The summed E-state index contributed by atoms with van der Waals surface area (Å²) in [6.07, 6.45) is 5.00. The fourth-order valence-electron chi connectivity index (χ4n) is 2.73. The zero-order valence-corrected chi connectivity index (χ0v) is 12.4. The number of nitrogens with zero attached hydrogens (tertiary/aromatic N) is 4. The van der Waals surface area contributed by atoms with Crippen molar-refractivity contribution in [2.24, 2.45) is 5.92 Å². The molecule has 0 radical (unpaired) electrons. The van der Waals surface area contributed by atoms with Crippen molar-refractivity contribution in [3.8, 4) is 5.69 Å². The molecule has 116 valence electrons. The molecule has 1 atom stereocenters. The number of amides is 1. The van der Waals surface area contributed by atoms with Crippen LogP contribution in [0.15, 0.2) is 30.6 Å². The number of carbonyl (C=O) groups is 1. The fraction of sp³-hybridized carbons (Fsp3) is 0.467. The van der Waals surface area contributed by atoms with Crippen molar-refractivity contribution in [3.63, 3.8) is 0 Å². The van der Waals surface area contributed by atoms with E-state index in [1.54, 1.807) is 12.1 Å². The molecule has 2 heterocycles. The van der Waals surface area contributed by atoms with Gasteiger partial charge in [0.25, 0.3) is 5.91 Å². The Labute approximate surface area is 129 Å². The topological polar surface area (TPSA) is 84.7 Å². The Hall–Kier alpha value is -2.28. The molecule has 1 aliphatic rings. The Morgan fingerprint density at radius 1 is 1.45 bits per heavy atom. The van der Waals surface area contributed by atoms with Crippen molar-refractivity contribution in [2.45, 2.75) is 19.3 Å². The second kappa shape index (κ2) is 7.13. The first-order valence-electron chi connectivity index (χ1n) is 7.65. The van der Waals surface area contributed by atoms with E-state index in [1.165, 1.54) is 23.9 Å². The normalized spacial score (nSPS) is 18.1. The summed E-state index contributed by atoms with van der Waals surface area (Å²) in [5, 5.41) is 17.4. The van der Waals surface area contributed by atoms with Gasteiger partial charge >= 0.3 is 0 Å². The van der Waals surface area contributed by atoms with Gasteiger partial charge in [-0.05, 0) is 66.9 Å². The van der Waals surface area contributed by atoms with E-state index in [9.17, 15) is 4.79 Å². The molecule has 0 saturated carbocycles. The van der Waals surface area contributed by atoms with E-state index in [0.29, 0.717) is 18.0 Å². The average molecular weight is 300 g/mol. The minimum Gasteiger partial charge on any atom is -0.352 e. The van der Waals surface area contributed by atoms with E-state index in [4.69, 9.17) is 0 Å². The Morgan fingerprint density at radius 3 is 3.18 bits per heavy atom. The highest BCUT2D eigenvalue weighted by Gasteiger charge is 2.13. The van der Waals surface area contributed by atoms with Gasteiger partial charge in [-0.1, -0.05) is 6.07 Å². The maximum atomic E-state index is 12.2. The Morgan fingerprint density at radius 2 is 2.41 bits per heavy atom. The van der Waals surface area contributed by atoms with Crippen molar-refractivity contribution in [1.29, 1.82) is 0 Å². The second-order valence-corrected chi connectivity index (χ2v) is 5.56. The van der Waals surface area contributed by atoms with Gasteiger partial charge in [0.05, 0.1) is 5.69 Å². The number of tetrazole rings is 1. The van der Waals surface area contributed by atoms with Crippen LogP contribution in [0.3, 0.4) is 0 Å². The molecular weight excluding hydrogens is 280 g/mol. The van der Waals surface area contributed by atoms with Gasteiger partial charge in [-0.3, -0.25) is 4.79 Å². The lowest BCUT2D eigenvalue weighted by molar-refractivity contribution is 0.0950. The Balaban J connectivity index is 1.54. The molecule has 7 heteroatoms. The number of hydrogen-bond donors (Lipinski definition) is 2. The van der Waals surface area contributed by atoms with Crippen LogP contribution >= 0.6 is 0 Å². The SMILES string of the molecule is O=C(NCCC1CCCNC1)c1cccc(-n2cnnn2)c1. The summed E-state index contributed by atoms with van der Waals surface area (Å²) in [4.78, 5) is 12.2. The van der Waals surface area contributed by atoms with Crippen LogP contribution in [0.4, 0.5) is 0 Å². The Bertz CT molecular complexity index is 606. The largest absolute Gasteiger partial charge is 0.352 e. The third-order valence-corrected chi connectivity index (χ3v) is 3.96. The number of piperidine rings is 1. The maximum Gasteiger partial charge on any atom is 0.251 e. The lowest BCUT2D eigenvalue weighted by atomic mass is 9.96. The summed E-state index contributed by atoms with van der Waals surface area (Å²) >= 11 is 0. The fourth-order valence-corrected chi connectivity index (χ4v) is 2.73. The van der Waals surface area contributed by atoms with Crippen molar-refractivity contribution in [1.82, 2.24) is 30.8 Å². The van der Waals surface area contributed by atoms with Gasteiger partial charge in [0.2, 0.25) is 0 Å². The highest BCUT2D eigenvalue weighted by Crippen LogP contribution is 2.13. The van der Waals surface area contributed by atoms with Crippen LogP contribution in [0.5, 0.6) is 0 Å². The predicted octanol–water partition coefficient (Wildman–Crippen LogP) is 0.782. The van der Waals surface area contributed by atoms with Crippen LogP contribution in [-0.2, 0) is 0 Å². The molecule has 2 aromatic rings. The van der Waals surface area contributed by atoms with Crippen molar-refractivity contribution < 1.29 is 4.79 Å². The molecule has 1 aromatic heterocycles. The number of carbonyl (C=O) groups excluding carboxylic acids is 1. The van der Waals surface area contributed by atoms with Crippen LogP contribution < -0.4 is 10.6 Å². The quantitative estimate of drug-likeness (QED) is 0.852. The zero-order valence-electron chi connectivity index (χ0n) is 12.4. The van der Waals surface area contributed by atoms with Crippen LogP contribution in [0.25, 0.3) is 5.69 Å². The van der Waals surface area contributed by atoms with Gasteiger partial charge in [-0.2, -0.15) is 0 Å². The molecule has 0 bridgehead atoms. The molecule has 3 rings (SSSR count). The first-order chi connectivity index (χ1) is 10.8. The number of benzene rings is 1. The van der Waals surface area contributed by atoms with E-state index >= 15 is 0 Å². The van der Waals surface area contributed by atoms with E-state index < -0.39 is 0 Å². The van der Waals surface area contributed by atoms with E-state index in [2.05, 4.69) is 26.2 Å². The van der Waals surface area contributed by atoms with Gasteiger partial charge < -0.3 is 10.6 Å². The van der Waals surface area contributed by atoms with Gasteiger partial charge in [-0.15, -0.1) is 5.10 Å². The molecular formula is C15H20N6O. The standard InChI is InChI=1S/C15H20N6O/c22-15(17-8-6-12-3-2-7-16-10-12)13-4-1-5-14(9-13)21-11-18-19-20-21/h1,4-5,9,11-12,16H,2-3,6-8,10H2,(H,17,22). The number of aromatic nitrogens is 4. The summed E-state index contributed by atoms with van der Waals surface area (Å²) in [6, 6.07) is 7.27. The molecule has 0 spiro atoms. The summed E-state index contributed by atoms with van der Waals surface area (Å²) in [5.41, 5.74) is 1.39. The first kappa shape index (κ1) is 14.6. The van der Waals surface area contributed by atoms with Crippen molar-refractivity contribution >= 4 is 5.91 Å². The molecule has 1 aliphatic heterocycles. The lowest BCUT2D eigenvalue weighted by Crippen LogP contribution is -2.33. The summed E-state index contributed by atoms with van der Waals surface area (Å²) in [7, 11) is 0. The Kier molecular flexibility index (Phi) is 4.75. The number of nitrogens with one attached hydrogen (secondary N) is 2. The monoisotopic (exact) mass is 300 g/mol. The van der Waals surface area contributed by atoms with Crippen molar-refractivity contribution in [3.05, 3.63) is 36.2 Å². The van der Waals surface area contributed by atoms with Gasteiger partial charge in [0.15, 0.2) is 0 Å². The van der Waals surface area contributed by atoms with Crippen molar-refractivity contribution in [2.75, 3.05) is 19.6 Å². The first-order valence-corrected chi connectivity index (χ1v) is 7.65. The van der Waals surface area contributed by atoms with Crippen LogP contribution in [0.1, 0.15) is 29.6 Å². The highest BCUT2D eigenvalue weighted by atomic mass is 16.1. The van der Waals surface area contributed by atoms with E-state index in [0.717, 1.165) is 25.2 Å². The molecule has 7 nitrogen and oxygen atoms in total. The summed E-state index contributed by atoms with van der Waals surface area (Å²) < 4.78 is 1.53. The molecule has 1 unspecified atom stereocenters. The molecule has 22 heavy (non-hydrogen) atoms. The van der Waals surface area contributed by atoms with Crippen LogP contribution in [-0.4, -0.2) is 45.7 Å². The third-order valence-electron chi connectivity index (χ3n) is 3.96. The van der Waals surface area contributed by atoms with Crippen LogP contribution in [0.2, 0.25) is 0 Å². The molecule has 0 aliphatic carbocycles. The predicted molar refractivity (Wildman–Crippen MR) is 81.7 cm³/mol. The molecule has 2 N–H and O–H groups in total. The summed E-state index contributed by atoms with van der Waals surface area (Å²) in [5.74, 6) is 0.611. The average Bonchev–Trinajstić information content (AvgIpc) is 3.10. The second-order valence-electron chi connectivity index (χ2n) is 5.56. The highest BCUT2D eigenvalue weighted by molar-refractivity contribution is 5.94. The number of hydrogen-bond acceptors (Lipinski definition) is 5. The smallest absolute Gasteiger partial charge is 0.251 e.